The largest absolute Gasteiger partial charge is 0.324 e. The lowest BCUT2D eigenvalue weighted by Crippen LogP contribution is -2.32. The van der Waals surface area contributed by atoms with E-state index in [-0.39, 0.29) is 11.8 Å². The summed E-state index contributed by atoms with van der Waals surface area (Å²) in [6.45, 7) is 5.71. The van der Waals surface area contributed by atoms with Crippen LogP contribution >= 0.6 is 0 Å². The van der Waals surface area contributed by atoms with Crippen molar-refractivity contribution in [1.29, 1.82) is 0 Å². The molecule has 2 rings (SSSR count). The van der Waals surface area contributed by atoms with E-state index in [1.54, 1.807) is 13.0 Å². The van der Waals surface area contributed by atoms with Crippen molar-refractivity contribution in [2.45, 2.75) is 32.7 Å². The standard InChI is InChI=1S/C14H19N5O/c1-8(2)12-17-13(19-18-12)10-6-4-5-7-11(10)16-14(20)9(3)15/h4-9H,15H2,1-3H3,(H,16,20)(H,17,18,19)/t9-/m0/s1. The normalized spacial score (nSPS) is 12.4. The van der Waals surface area contributed by atoms with Gasteiger partial charge < -0.3 is 11.1 Å². The Balaban J connectivity index is 2.33. The molecule has 1 amide bonds. The third kappa shape index (κ3) is 3.03. The molecule has 0 unspecified atom stereocenters. The number of carbonyl (C=O) groups is 1. The van der Waals surface area contributed by atoms with E-state index in [1.807, 2.05) is 32.0 Å². The summed E-state index contributed by atoms with van der Waals surface area (Å²) in [5, 5.41) is 9.90. The van der Waals surface area contributed by atoms with Crippen LogP contribution in [0.5, 0.6) is 0 Å². The van der Waals surface area contributed by atoms with Crippen molar-refractivity contribution in [3.05, 3.63) is 30.1 Å². The summed E-state index contributed by atoms with van der Waals surface area (Å²) in [5.74, 6) is 1.40. The van der Waals surface area contributed by atoms with Gasteiger partial charge in [0.1, 0.15) is 5.82 Å². The Morgan fingerprint density at radius 3 is 2.60 bits per heavy atom. The molecule has 1 aromatic heterocycles. The van der Waals surface area contributed by atoms with E-state index in [9.17, 15) is 4.79 Å². The van der Waals surface area contributed by atoms with Gasteiger partial charge in [-0.3, -0.25) is 9.89 Å². The minimum Gasteiger partial charge on any atom is -0.324 e. The lowest BCUT2D eigenvalue weighted by molar-refractivity contribution is -0.117. The quantitative estimate of drug-likeness (QED) is 0.792. The van der Waals surface area contributed by atoms with Gasteiger partial charge in [0, 0.05) is 11.5 Å². The zero-order valence-corrected chi connectivity index (χ0v) is 11.8. The molecule has 6 heteroatoms. The first kappa shape index (κ1) is 14.2. The Morgan fingerprint density at radius 2 is 2.00 bits per heavy atom. The smallest absolute Gasteiger partial charge is 0.241 e. The van der Waals surface area contributed by atoms with Gasteiger partial charge in [-0.2, -0.15) is 5.10 Å². The molecule has 20 heavy (non-hydrogen) atoms. The number of hydrogen-bond acceptors (Lipinski definition) is 4. The van der Waals surface area contributed by atoms with Crippen LogP contribution in [0, 0.1) is 0 Å². The number of nitrogens with zero attached hydrogens (tertiary/aromatic N) is 2. The number of H-pyrrole nitrogens is 1. The van der Waals surface area contributed by atoms with Crippen LogP contribution in [0.1, 0.15) is 32.5 Å². The van der Waals surface area contributed by atoms with Crippen molar-refractivity contribution in [2.24, 2.45) is 5.73 Å². The molecule has 0 aliphatic heterocycles. The van der Waals surface area contributed by atoms with Gasteiger partial charge in [-0.15, -0.1) is 0 Å². The summed E-state index contributed by atoms with van der Waals surface area (Å²) in [6, 6.07) is 6.82. The molecule has 1 atom stereocenters. The predicted octanol–water partition coefficient (Wildman–Crippen LogP) is 1.88. The summed E-state index contributed by atoms with van der Waals surface area (Å²) in [5.41, 5.74) is 6.99. The summed E-state index contributed by atoms with van der Waals surface area (Å²) in [4.78, 5) is 16.2. The molecule has 0 aliphatic rings. The van der Waals surface area contributed by atoms with Crippen molar-refractivity contribution >= 4 is 11.6 Å². The van der Waals surface area contributed by atoms with Crippen LogP contribution in [0.25, 0.3) is 11.4 Å². The maximum absolute atomic E-state index is 11.7. The van der Waals surface area contributed by atoms with Gasteiger partial charge in [0.2, 0.25) is 5.91 Å². The second-order valence-corrected chi connectivity index (χ2v) is 5.02. The van der Waals surface area contributed by atoms with Gasteiger partial charge in [0.15, 0.2) is 5.82 Å². The first-order chi connectivity index (χ1) is 9.49. The zero-order chi connectivity index (χ0) is 14.7. The Morgan fingerprint density at radius 1 is 1.30 bits per heavy atom. The van der Waals surface area contributed by atoms with Crippen molar-refractivity contribution in [3.63, 3.8) is 0 Å². The van der Waals surface area contributed by atoms with Crippen LogP contribution in [0.2, 0.25) is 0 Å². The maximum atomic E-state index is 11.7. The van der Waals surface area contributed by atoms with Crippen LogP contribution in [0.15, 0.2) is 24.3 Å². The van der Waals surface area contributed by atoms with Crippen molar-refractivity contribution in [1.82, 2.24) is 15.2 Å². The van der Waals surface area contributed by atoms with E-state index in [0.29, 0.717) is 11.5 Å². The highest BCUT2D eigenvalue weighted by molar-refractivity contribution is 5.97. The number of anilines is 1. The van der Waals surface area contributed by atoms with E-state index >= 15 is 0 Å². The van der Waals surface area contributed by atoms with E-state index in [0.717, 1.165) is 11.4 Å². The molecule has 1 heterocycles. The molecule has 0 spiro atoms. The van der Waals surface area contributed by atoms with E-state index < -0.39 is 6.04 Å². The lowest BCUT2D eigenvalue weighted by Gasteiger charge is -2.10. The van der Waals surface area contributed by atoms with Gasteiger partial charge >= 0.3 is 0 Å². The Kier molecular flexibility index (Phi) is 4.14. The Bertz CT molecular complexity index is 603. The second-order valence-electron chi connectivity index (χ2n) is 5.02. The van der Waals surface area contributed by atoms with Crippen LogP contribution < -0.4 is 11.1 Å². The number of nitrogens with two attached hydrogens (primary N) is 1. The molecule has 0 saturated carbocycles. The number of hydrogen-bond donors (Lipinski definition) is 3. The van der Waals surface area contributed by atoms with Gasteiger partial charge in [-0.25, -0.2) is 4.98 Å². The third-order valence-electron chi connectivity index (χ3n) is 2.89. The highest BCUT2D eigenvalue weighted by atomic mass is 16.2. The molecule has 0 aliphatic carbocycles. The fourth-order valence-corrected chi connectivity index (χ4v) is 1.69. The van der Waals surface area contributed by atoms with Gasteiger partial charge in [-0.1, -0.05) is 26.0 Å². The van der Waals surface area contributed by atoms with Crippen molar-refractivity contribution in [3.8, 4) is 11.4 Å². The molecular weight excluding hydrogens is 254 g/mol. The molecule has 1 aromatic carbocycles. The minimum absolute atomic E-state index is 0.239. The van der Waals surface area contributed by atoms with Crippen molar-refractivity contribution < 1.29 is 4.79 Å². The summed E-state index contributed by atoms with van der Waals surface area (Å²) in [7, 11) is 0. The van der Waals surface area contributed by atoms with Crippen LogP contribution in [0.3, 0.4) is 0 Å². The first-order valence-electron chi connectivity index (χ1n) is 6.57. The van der Waals surface area contributed by atoms with Gasteiger partial charge in [0.25, 0.3) is 0 Å². The van der Waals surface area contributed by atoms with Crippen LogP contribution in [-0.2, 0) is 4.79 Å². The maximum Gasteiger partial charge on any atom is 0.241 e. The highest BCUT2D eigenvalue weighted by Crippen LogP contribution is 2.25. The number of carbonyl (C=O) groups excluding carboxylic acids is 1. The van der Waals surface area contributed by atoms with Gasteiger partial charge in [-0.05, 0) is 19.1 Å². The molecule has 4 N–H and O–H groups in total. The molecule has 106 valence electrons. The number of nitrogens with one attached hydrogen (secondary N) is 2. The predicted molar refractivity (Wildman–Crippen MR) is 78.2 cm³/mol. The lowest BCUT2D eigenvalue weighted by atomic mass is 10.1. The average molecular weight is 273 g/mol. The van der Waals surface area contributed by atoms with E-state index in [4.69, 9.17) is 5.73 Å². The number of benzene rings is 1. The Labute approximate surface area is 117 Å². The number of rotatable bonds is 4. The van der Waals surface area contributed by atoms with E-state index in [2.05, 4.69) is 20.5 Å². The molecule has 6 nitrogen and oxygen atoms in total. The number of para-hydroxylation sites is 1. The monoisotopic (exact) mass is 273 g/mol. The molecule has 0 fully saturated rings. The molecule has 2 aromatic rings. The Hall–Kier alpha value is -2.21. The molecule has 0 radical (unpaired) electrons. The van der Waals surface area contributed by atoms with Crippen molar-refractivity contribution in [2.75, 3.05) is 5.32 Å². The second kappa shape index (κ2) is 5.83. The average Bonchev–Trinajstić information content (AvgIpc) is 2.88. The fraction of sp³-hybridized carbons (Fsp3) is 0.357. The molecule has 0 saturated heterocycles. The first-order valence-corrected chi connectivity index (χ1v) is 6.57. The SMILES string of the molecule is CC(C)c1nc(-c2ccccc2NC(=O)[C@H](C)N)n[nH]1. The minimum atomic E-state index is -0.568. The zero-order valence-electron chi connectivity index (χ0n) is 11.8. The van der Waals surface area contributed by atoms with E-state index in [1.165, 1.54) is 0 Å². The topological polar surface area (TPSA) is 96.7 Å². The molecular formula is C14H19N5O. The summed E-state index contributed by atoms with van der Waals surface area (Å²) < 4.78 is 0. The number of aromatic nitrogens is 3. The summed E-state index contributed by atoms with van der Waals surface area (Å²) in [6.07, 6.45) is 0. The van der Waals surface area contributed by atoms with Crippen LogP contribution in [-0.4, -0.2) is 27.1 Å². The highest BCUT2D eigenvalue weighted by Gasteiger charge is 2.14. The number of aromatic amines is 1. The molecule has 0 bridgehead atoms. The van der Waals surface area contributed by atoms with Gasteiger partial charge in [0.05, 0.1) is 11.7 Å². The fourth-order valence-electron chi connectivity index (χ4n) is 1.69. The van der Waals surface area contributed by atoms with Crippen LogP contribution in [0.4, 0.5) is 5.69 Å². The third-order valence-corrected chi connectivity index (χ3v) is 2.89. The summed E-state index contributed by atoms with van der Waals surface area (Å²) >= 11 is 0. The number of amides is 1.